The normalized spacial score (nSPS) is 15.1. The zero-order valence-electron chi connectivity index (χ0n) is 19.1. The summed E-state index contributed by atoms with van der Waals surface area (Å²) in [4.78, 5) is 33.7. The second-order valence-electron chi connectivity index (χ2n) is 7.94. The first-order chi connectivity index (χ1) is 17.0. The minimum atomic E-state index is -1.12. The quantitative estimate of drug-likeness (QED) is 0.480. The summed E-state index contributed by atoms with van der Waals surface area (Å²) in [5.41, 5.74) is 4.20. The minimum absolute atomic E-state index is 0.351. The number of benzene rings is 3. The topological polar surface area (TPSA) is 117 Å². The Morgan fingerprint density at radius 3 is 2.43 bits per heavy atom. The summed E-state index contributed by atoms with van der Waals surface area (Å²) in [7, 11) is 3.35. The van der Waals surface area contributed by atoms with E-state index in [1.165, 1.54) is 9.70 Å². The number of anilines is 2. The van der Waals surface area contributed by atoms with E-state index in [-0.39, 0.29) is 5.91 Å². The van der Waals surface area contributed by atoms with E-state index in [0.29, 0.717) is 28.5 Å². The van der Waals surface area contributed by atoms with Crippen molar-refractivity contribution in [2.75, 3.05) is 17.3 Å². The number of fused-ring (bicyclic) bond motifs is 1. The van der Waals surface area contributed by atoms with Crippen LogP contribution in [0.5, 0.6) is 0 Å². The molecule has 0 radical (unpaired) electrons. The molecule has 0 aliphatic carbocycles. The number of hydrogen-bond acceptors (Lipinski definition) is 6. The van der Waals surface area contributed by atoms with Gasteiger partial charge in [-0.1, -0.05) is 60.7 Å². The lowest BCUT2D eigenvalue weighted by Crippen LogP contribution is -2.47. The predicted molar refractivity (Wildman–Crippen MR) is 132 cm³/mol. The van der Waals surface area contributed by atoms with Crippen molar-refractivity contribution in [3.05, 3.63) is 90.0 Å². The van der Waals surface area contributed by atoms with Gasteiger partial charge in [0.15, 0.2) is 0 Å². The van der Waals surface area contributed by atoms with Crippen LogP contribution in [0.2, 0.25) is 0 Å². The molecule has 10 heteroatoms. The van der Waals surface area contributed by atoms with E-state index in [2.05, 4.69) is 26.0 Å². The lowest BCUT2D eigenvalue weighted by Gasteiger charge is -2.21. The molecule has 0 bridgehead atoms. The Bertz CT molecular complexity index is 1430. The molecule has 2 heterocycles. The number of carbonyl (C=O) groups is 2. The molecule has 1 unspecified atom stereocenters. The molecular weight excluding hydrogens is 444 g/mol. The van der Waals surface area contributed by atoms with Gasteiger partial charge in [-0.3, -0.25) is 4.79 Å². The van der Waals surface area contributed by atoms with Gasteiger partial charge in [0.05, 0.1) is 18.4 Å². The maximum atomic E-state index is 13.3. The van der Waals surface area contributed by atoms with Crippen LogP contribution in [0.4, 0.5) is 16.2 Å². The maximum Gasteiger partial charge on any atom is 0.321 e. The van der Waals surface area contributed by atoms with Crippen LogP contribution in [0, 0.1) is 0 Å². The highest BCUT2D eigenvalue weighted by Crippen LogP contribution is 2.27. The SMILES string of the molecule is CN1C(=O)C(NC(=O)Nc2cccc(-c3nnn(C)n3)c2)N=C(c2ccccc2)c2ccccc21. The Morgan fingerprint density at radius 2 is 1.66 bits per heavy atom. The molecule has 1 aliphatic heterocycles. The van der Waals surface area contributed by atoms with Gasteiger partial charge >= 0.3 is 6.03 Å². The largest absolute Gasteiger partial charge is 0.321 e. The van der Waals surface area contributed by atoms with E-state index in [4.69, 9.17) is 4.99 Å². The van der Waals surface area contributed by atoms with E-state index >= 15 is 0 Å². The molecule has 3 amide bonds. The van der Waals surface area contributed by atoms with Crippen LogP contribution in [0.1, 0.15) is 11.1 Å². The molecule has 0 spiro atoms. The first-order valence-electron chi connectivity index (χ1n) is 10.9. The molecule has 174 valence electrons. The fourth-order valence-electron chi connectivity index (χ4n) is 3.87. The molecule has 3 aromatic carbocycles. The summed E-state index contributed by atoms with van der Waals surface area (Å²) >= 11 is 0. The van der Waals surface area contributed by atoms with Gasteiger partial charge in [-0.15, -0.1) is 10.2 Å². The molecular formula is C25H22N8O2. The lowest BCUT2D eigenvalue weighted by molar-refractivity contribution is -0.119. The second-order valence-corrected chi connectivity index (χ2v) is 7.94. The standard InChI is InChI=1S/C25H22N8O2/c1-32-20-14-7-6-13-19(20)21(16-9-4-3-5-10-16)27-23(24(32)34)28-25(35)26-18-12-8-11-17(15-18)22-29-31-33(2)30-22/h3-15,23H,1-2H3,(H2,26,28,35). The summed E-state index contributed by atoms with van der Waals surface area (Å²) in [6, 6.07) is 23.6. The number of tetrazole rings is 1. The van der Waals surface area contributed by atoms with Crippen molar-refractivity contribution >= 4 is 29.0 Å². The molecule has 2 N–H and O–H groups in total. The number of aromatic nitrogens is 4. The number of nitrogens with zero attached hydrogens (tertiary/aromatic N) is 6. The molecule has 5 rings (SSSR count). The van der Waals surface area contributed by atoms with Gasteiger partial charge in [-0.05, 0) is 23.4 Å². The molecule has 0 saturated carbocycles. The number of benzodiazepines with no additional fused rings is 1. The number of nitrogens with one attached hydrogen (secondary N) is 2. The number of amides is 3. The van der Waals surface area contributed by atoms with E-state index in [1.807, 2.05) is 60.7 Å². The molecule has 0 fully saturated rings. The highest BCUT2D eigenvalue weighted by molar-refractivity contribution is 6.20. The van der Waals surface area contributed by atoms with Crippen LogP contribution >= 0.6 is 0 Å². The third-order valence-electron chi connectivity index (χ3n) is 5.55. The number of para-hydroxylation sites is 1. The number of carbonyl (C=O) groups excluding carboxylic acids is 2. The first-order valence-corrected chi connectivity index (χ1v) is 10.9. The molecule has 10 nitrogen and oxygen atoms in total. The van der Waals surface area contributed by atoms with Crippen molar-refractivity contribution in [2.45, 2.75) is 6.17 Å². The van der Waals surface area contributed by atoms with Gasteiger partial charge in [0.2, 0.25) is 12.0 Å². The van der Waals surface area contributed by atoms with E-state index < -0.39 is 12.2 Å². The van der Waals surface area contributed by atoms with Crippen LogP contribution in [-0.4, -0.2) is 51.1 Å². The van der Waals surface area contributed by atoms with E-state index in [9.17, 15) is 9.59 Å². The maximum absolute atomic E-state index is 13.3. The molecule has 1 aliphatic rings. The fraction of sp³-hybridized carbons (Fsp3) is 0.120. The van der Waals surface area contributed by atoms with Crippen LogP contribution < -0.4 is 15.5 Å². The highest BCUT2D eigenvalue weighted by Gasteiger charge is 2.31. The van der Waals surface area contributed by atoms with Crippen LogP contribution in [0.15, 0.2) is 83.9 Å². The van der Waals surface area contributed by atoms with Crippen LogP contribution in [0.25, 0.3) is 11.4 Å². The molecule has 4 aromatic rings. The number of aliphatic imine (C=N–C) groups is 1. The Labute approximate surface area is 201 Å². The van der Waals surface area contributed by atoms with Gasteiger partial charge in [0.1, 0.15) is 0 Å². The van der Waals surface area contributed by atoms with Crippen molar-refractivity contribution in [3.63, 3.8) is 0 Å². The summed E-state index contributed by atoms with van der Waals surface area (Å²) in [5.74, 6) is 0.0861. The molecule has 35 heavy (non-hydrogen) atoms. The third-order valence-corrected chi connectivity index (χ3v) is 5.55. The van der Waals surface area contributed by atoms with E-state index in [0.717, 1.165) is 11.1 Å². The zero-order valence-corrected chi connectivity index (χ0v) is 19.1. The average Bonchev–Trinajstić information content (AvgIpc) is 3.29. The number of likely N-dealkylation sites (N-methyl/N-ethyl adjacent to an activating group) is 1. The minimum Gasteiger partial charge on any atom is -0.311 e. The first kappa shape index (κ1) is 22.0. The number of aryl methyl sites for hydroxylation is 1. The Kier molecular flexibility index (Phi) is 5.76. The predicted octanol–water partition coefficient (Wildman–Crippen LogP) is 2.84. The Balaban J connectivity index is 1.42. The Hall–Kier alpha value is -4.86. The second kappa shape index (κ2) is 9.18. The number of hydrogen-bond donors (Lipinski definition) is 2. The smallest absolute Gasteiger partial charge is 0.311 e. The molecule has 0 saturated heterocycles. The number of rotatable bonds is 4. The zero-order chi connectivity index (χ0) is 24.4. The van der Waals surface area contributed by atoms with Crippen LogP contribution in [-0.2, 0) is 11.8 Å². The fourth-order valence-corrected chi connectivity index (χ4v) is 3.87. The highest BCUT2D eigenvalue weighted by atomic mass is 16.2. The lowest BCUT2D eigenvalue weighted by atomic mass is 10.0. The molecule has 1 atom stereocenters. The summed E-state index contributed by atoms with van der Waals surface area (Å²) < 4.78 is 0. The monoisotopic (exact) mass is 466 g/mol. The average molecular weight is 467 g/mol. The third kappa shape index (κ3) is 4.49. The summed E-state index contributed by atoms with van der Waals surface area (Å²) in [5, 5.41) is 17.5. The Morgan fingerprint density at radius 1 is 0.914 bits per heavy atom. The molecule has 1 aromatic heterocycles. The van der Waals surface area contributed by atoms with Gasteiger partial charge in [-0.2, -0.15) is 4.80 Å². The van der Waals surface area contributed by atoms with Crippen molar-refractivity contribution in [1.29, 1.82) is 0 Å². The van der Waals surface area contributed by atoms with E-state index in [1.54, 1.807) is 32.3 Å². The van der Waals surface area contributed by atoms with Crippen molar-refractivity contribution in [1.82, 2.24) is 25.5 Å². The van der Waals surface area contributed by atoms with Gasteiger partial charge in [0.25, 0.3) is 5.91 Å². The van der Waals surface area contributed by atoms with Crippen LogP contribution in [0.3, 0.4) is 0 Å². The van der Waals surface area contributed by atoms with Crippen molar-refractivity contribution in [3.8, 4) is 11.4 Å². The van der Waals surface area contributed by atoms with Gasteiger partial charge in [0, 0.05) is 29.4 Å². The summed E-state index contributed by atoms with van der Waals surface area (Å²) in [6.07, 6.45) is -1.12. The summed E-state index contributed by atoms with van der Waals surface area (Å²) in [6.45, 7) is 0. The van der Waals surface area contributed by atoms with Crippen molar-refractivity contribution < 1.29 is 9.59 Å². The van der Waals surface area contributed by atoms with Gasteiger partial charge < -0.3 is 15.5 Å². The van der Waals surface area contributed by atoms with Gasteiger partial charge in [-0.25, -0.2) is 9.79 Å². The van der Waals surface area contributed by atoms with Crippen molar-refractivity contribution in [2.24, 2.45) is 12.0 Å². The number of urea groups is 1.